The van der Waals surface area contributed by atoms with E-state index in [0.717, 1.165) is 0 Å². The van der Waals surface area contributed by atoms with Crippen LogP contribution in [0.1, 0.15) is 6.92 Å². The van der Waals surface area contributed by atoms with Gasteiger partial charge in [-0.2, -0.15) is 4.98 Å². The van der Waals surface area contributed by atoms with Crippen molar-refractivity contribution >= 4 is 22.9 Å². The topological polar surface area (TPSA) is 65.0 Å². The zero-order valence-electron chi connectivity index (χ0n) is 7.40. The Bertz CT molecular complexity index is 315. The number of pyridine rings is 1. The van der Waals surface area contributed by atoms with Crippen LogP contribution in [0.25, 0.3) is 0 Å². The molecule has 0 radical (unpaired) electrons. The first-order valence-electron chi connectivity index (χ1n) is 3.67. The Balaban J connectivity index is 2.85. The van der Waals surface area contributed by atoms with Crippen LogP contribution in [-0.4, -0.2) is 21.7 Å². The van der Waals surface area contributed by atoms with Crippen molar-refractivity contribution in [3.05, 3.63) is 18.2 Å². The minimum Gasteiger partial charge on any atom is -0.610 e. The van der Waals surface area contributed by atoms with Crippen LogP contribution in [0.3, 0.4) is 0 Å². The molecule has 1 aromatic heterocycles. The second-order valence-electron chi connectivity index (χ2n) is 2.50. The molecular weight excluding hydrogens is 188 g/mol. The highest BCUT2D eigenvalue weighted by molar-refractivity contribution is 7.90. The van der Waals surface area contributed by atoms with Gasteiger partial charge in [0.2, 0.25) is 10.9 Å². The van der Waals surface area contributed by atoms with E-state index in [4.69, 9.17) is 0 Å². The SMILES string of the molecule is CC(=O)Nc1cccc([S+](C)[O-])n1. The van der Waals surface area contributed by atoms with Gasteiger partial charge in [0.05, 0.1) is 0 Å². The van der Waals surface area contributed by atoms with Gasteiger partial charge in [0.1, 0.15) is 12.1 Å². The number of hydrogen-bond donors (Lipinski definition) is 1. The lowest BCUT2D eigenvalue weighted by Gasteiger charge is -2.04. The van der Waals surface area contributed by atoms with Gasteiger partial charge < -0.3 is 9.87 Å². The normalized spacial score (nSPS) is 12.2. The van der Waals surface area contributed by atoms with Gasteiger partial charge in [-0.25, -0.2) is 0 Å². The maximum absolute atomic E-state index is 11.0. The maximum Gasteiger partial charge on any atom is 0.246 e. The summed E-state index contributed by atoms with van der Waals surface area (Å²) < 4.78 is 11.0. The molecule has 5 heteroatoms. The molecule has 0 aromatic carbocycles. The highest BCUT2D eigenvalue weighted by Gasteiger charge is 2.06. The molecule has 0 aliphatic heterocycles. The molecule has 13 heavy (non-hydrogen) atoms. The number of rotatable bonds is 2. The molecule has 1 amide bonds. The van der Waals surface area contributed by atoms with Crippen molar-refractivity contribution in [3.8, 4) is 0 Å². The fourth-order valence-corrected chi connectivity index (χ4v) is 1.32. The minimum atomic E-state index is -1.12. The van der Waals surface area contributed by atoms with Crippen LogP contribution in [0, 0.1) is 0 Å². The third-order valence-electron chi connectivity index (χ3n) is 1.32. The number of carbonyl (C=O) groups is 1. The van der Waals surface area contributed by atoms with E-state index in [0.29, 0.717) is 10.8 Å². The first kappa shape index (κ1) is 10.0. The van der Waals surface area contributed by atoms with Gasteiger partial charge in [0, 0.05) is 24.2 Å². The highest BCUT2D eigenvalue weighted by Crippen LogP contribution is 2.09. The predicted octanol–water partition coefficient (Wildman–Crippen LogP) is 0.777. The molecular formula is C8H10N2O2S. The van der Waals surface area contributed by atoms with Crippen LogP contribution in [0.5, 0.6) is 0 Å². The maximum atomic E-state index is 11.0. The Morgan fingerprint density at radius 1 is 1.62 bits per heavy atom. The molecule has 0 saturated heterocycles. The summed E-state index contributed by atoms with van der Waals surface area (Å²) in [5.74, 6) is 0.242. The summed E-state index contributed by atoms with van der Waals surface area (Å²) in [5, 5.41) is 2.98. The molecule has 0 bridgehead atoms. The molecule has 70 valence electrons. The zero-order valence-corrected chi connectivity index (χ0v) is 8.22. The van der Waals surface area contributed by atoms with Crippen molar-refractivity contribution < 1.29 is 9.35 Å². The Kier molecular flexibility index (Phi) is 3.27. The van der Waals surface area contributed by atoms with E-state index in [1.165, 1.54) is 6.92 Å². The molecule has 0 aliphatic carbocycles. The Morgan fingerprint density at radius 2 is 2.31 bits per heavy atom. The van der Waals surface area contributed by atoms with Crippen LogP contribution in [0.15, 0.2) is 23.2 Å². The average Bonchev–Trinajstić information content (AvgIpc) is 2.03. The molecule has 1 rings (SSSR count). The number of hydrogen-bond acceptors (Lipinski definition) is 3. The lowest BCUT2D eigenvalue weighted by atomic mass is 10.4. The summed E-state index contributed by atoms with van der Waals surface area (Å²) in [6.45, 7) is 1.40. The third kappa shape index (κ3) is 3.04. The van der Waals surface area contributed by atoms with Crippen molar-refractivity contribution in [2.75, 3.05) is 11.6 Å². The first-order valence-corrected chi connectivity index (χ1v) is 5.23. The molecule has 1 heterocycles. The number of anilines is 1. The fraction of sp³-hybridized carbons (Fsp3) is 0.250. The Hall–Kier alpha value is -1.07. The molecule has 4 nitrogen and oxygen atoms in total. The summed E-state index contributed by atoms with van der Waals surface area (Å²) in [7, 11) is 0. The van der Waals surface area contributed by atoms with E-state index in [2.05, 4.69) is 10.3 Å². The summed E-state index contributed by atoms with van der Waals surface area (Å²) in [5.41, 5.74) is 0. The number of nitrogens with zero attached hydrogens (tertiary/aromatic N) is 1. The zero-order chi connectivity index (χ0) is 9.84. The van der Waals surface area contributed by atoms with Crippen LogP contribution >= 0.6 is 0 Å². The molecule has 1 atom stereocenters. The van der Waals surface area contributed by atoms with Gasteiger partial charge in [-0.05, 0) is 6.07 Å². The molecule has 0 aliphatic rings. The Labute approximate surface area is 79.6 Å². The third-order valence-corrected chi connectivity index (χ3v) is 2.14. The summed E-state index contributed by atoms with van der Waals surface area (Å²) >= 11 is -1.12. The van der Waals surface area contributed by atoms with E-state index in [1.807, 2.05) is 0 Å². The van der Waals surface area contributed by atoms with E-state index < -0.39 is 11.2 Å². The molecule has 0 saturated carbocycles. The van der Waals surface area contributed by atoms with E-state index in [-0.39, 0.29) is 5.91 Å². The van der Waals surface area contributed by atoms with Gasteiger partial charge in [0.25, 0.3) is 0 Å². The lowest BCUT2D eigenvalue weighted by Crippen LogP contribution is -2.09. The van der Waals surface area contributed by atoms with Crippen molar-refractivity contribution in [3.63, 3.8) is 0 Å². The summed E-state index contributed by atoms with van der Waals surface area (Å²) in [6.07, 6.45) is 1.54. The monoisotopic (exact) mass is 198 g/mol. The number of aromatic nitrogens is 1. The van der Waals surface area contributed by atoms with Gasteiger partial charge in [-0.1, -0.05) is 6.07 Å². The van der Waals surface area contributed by atoms with Crippen molar-refractivity contribution in [1.82, 2.24) is 4.98 Å². The smallest absolute Gasteiger partial charge is 0.246 e. The molecule has 0 fully saturated rings. The Morgan fingerprint density at radius 3 is 2.85 bits per heavy atom. The second-order valence-corrected chi connectivity index (χ2v) is 3.82. The van der Waals surface area contributed by atoms with Crippen molar-refractivity contribution in [2.45, 2.75) is 11.9 Å². The summed E-state index contributed by atoms with van der Waals surface area (Å²) in [4.78, 5) is 14.6. The average molecular weight is 198 g/mol. The second kappa shape index (κ2) is 4.25. The minimum absolute atomic E-state index is 0.188. The molecule has 0 spiro atoms. The van der Waals surface area contributed by atoms with Crippen LogP contribution in [0.2, 0.25) is 0 Å². The predicted molar refractivity (Wildman–Crippen MR) is 50.9 cm³/mol. The number of carbonyl (C=O) groups excluding carboxylic acids is 1. The lowest BCUT2D eigenvalue weighted by molar-refractivity contribution is -0.114. The number of amides is 1. The van der Waals surface area contributed by atoms with Crippen LogP contribution in [-0.2, 0) is 16.0 Å². The molecule has 1 N–H and O–H groups in total. The van der Waals surface area contributed by atoms with Gasteiger partial charge in [-0.15, -0.1) is 0 Å². The first-order chi connectivity index (χ1) is 6.09. The van der Waals surface area contributed by atoms with Gasteiger partial charge in [0.15, 0.2) is 0 Å². The molecule has 1 aromatic rings. The van der Waals surface area contributed by atoms with Gasteiger partial charge >= 0.3 is 0 Å². The number of nitrogens with one attached hydrogen (secondary N) is 1. The van der Waals surface area contributed by atoms with E-state index >= 15 is 0 Å². The standard InChI is InChI=1S/C8H10N2O2S/c1-6(11)9-7-4-3-5-8(10-7)13(2)12/h3-5H,1-2H3,(H,9,10,11). The van der Waals surface area contributed by atoms with Crippen molar-refractivity contribution in [1.29, 1.82) is 0 Å². The van der Waals surface area contributed by atoms with Crippen molar-refractivity contribution in [2.24, 2.45) is 0 Å². The van der Waals surface area contributed by atoms with E-state index in [9.17, 15) is 9.35 Å². The van der Waals surface area contributed by atoms with Gasteiger partial charge in [-0.3, -0.25) is 4.79 Å². The fourth-order valence-electron chi connectivity index (χ4n) is 0.825. The van der Waals surface area contributed by atoms with Crippen LogP contribution < -0.4 is 5.32 Å². The largest absolute Gasteiger partial charge is 0.610 e. The van der Waals surface area contributed by atoms with Crippen LogP contribution in [0.4, 0.5) is 5.82 Å². The van der Waals surface area contributed by atoms with E-state index in [1.54, 1.807) is 24.5 Å². The highest BCUT2D eigenvalue weighted by atomic mass is 32.2. The molecule has 1 unspecified atom stereocenters. The summed E-state index contributed by atoms with van der Waals surface area (Å²) in [6, 6.07) is 5.01. The quantitative estimate of drug-likeness (QED) is 0.714.